The minimum Gasteiger partial charge on any atom is -0.377 e. The first-order valence-electron chi connectivity index (χ1n) is 4.20. The third-order valence-electron chi connectivity index (χ3n) is 1.38. The predicted molar refractivity (Wildman–Crippen MR) is 57.8 cm³/mol. The van der Waals surface area contributed by atoms with Crippen molar-refractivity contribution in [2.75, 3.05) is 6.26 Å². The predicted octanol–water partition coefficient (Wildman–Crippen LogP) is 2.23. The third kappa shape index (κ3) is 7.60. The fourth-order valence-electron chi connectivity index (χ4n) is 0.682. The Kier molecular flexibility index (Phi) is 8.22. The van der Waals surface area contributed by atoms with Gasteiger partial charge in [0.05, 0.1) is 0 Å². The molecule has 0 radical (unpaired) electrons. The molecular formula is C8H17N3S. The van der Waals surface area contributed by atoms with Crippen LogP contribution < -0.4 is 5.73 Å². The first kappa shape index (κ1) is 11.5. The fourth-order valence-corrected chi connectivity index (χ4v) is 0.811. The summed E-state index contributed by atoms with van der Waals surface area (Å²) < 4.78 is 0. The summed E-state index contributed by atoms with van der Waals surface area (Å²) in [4.78, 5) is 0. The molecule has 0 amide bonds. The normalized spacial score (nSPS) is 12.7. The average Bonchev–Trinajstić information content (AvgIpc) is 2.10. The number of hydrogen-bond donors (Lipinski definition) is 1. The molecule has 2 N–H and O–H groups in total. The minimum atomic E-state index is 0.516. The zero-order chi connectivity index (χ0) is 9.23. The highest BCUT2D eigenvalue weighted by Gasteiger charge is 1.83. The molecule has 0 saturated heterocycles. The van der Waals surface area contributed by atoms with Gasteiger partial charge in [-0.1, -0.05) is 31.5 Å². The van der Waals surface area contributed by atoms with Crippen LogP contribution in [-0.4, -0.2) is 17.6 Å². The van der Waals surface area contributed by atoms with Crippen LogP contribution in [-0.2, 0) is 0 Å². The van der Waals surface area contributed by atoms with Crippen molar-refractivity contribution in [3.05, 3.63) is 0 Å². The maximum absolute atomic E-state index is 5.41. The van der Waals surface area contributed by atoms with Gasteiger partial charge in [-0.2, -0.15) is 5.10 Å². The van der Waals surface area contributed by atoms with Gasteiger partial charge in [-0.25, -0.2) is 0 Å². The van der Waals surface area contributed by atoms with Gasteiger partial charge in [0.15, 0.2) is 5.17 Å². The average molecular weight is 187 g/mol. The number of unbranched alkanes of at least 4 members (excludes halogenated alkanes) is 3. The molecule has 0 bridgehead atoms. The Morgan fingerprint density at radius 1 is 1.50 bits per heavy atom. The number of nitrogens with zero attached hydrogens (tertiary/aromatic N) is 2. The summed E-state index contributed by atoms with van der Waals surface area (Å²) in [6.07, 6.45) is 8.38. The summed E-state index contributed by atoms with van der Waals surface area (Å²) in [6, 6.07) is 0. The molecule has 0 saturated carbocycles. The van der Waals surface area contributed by atoms with Crippen LogP contribution in [0.5, 0.6) is 0 Å². The Morgan fingerprint density at radius 2 is 2.25 bits per heavy atom. The second-order valence-corrected chi connectivity index (χ2v) is 3.26. The third-order valence-corrected chi connectivity index (χ3v) is 1.88. The summed E-state index contributed by atoms with van der Waals surface area (Å²) in [7, 11) is 0. The van der Waals surface area contributed by atoms with E-state index in [1.54, 1.807) is 0 Å². The Labute approximate surface area is 78.5 Å². The van der Waals surface area contributed by atoms with E-state index >= 15 is 0 Å². The smallest absolute Gasteiger partial charge is 0.180 e. The maximum Gasteiger partial charge on any atom is 0.180 e. The Bertz CT molecular complexity index is 154. The van der Waals surface area contributed by atoms with Crippen molar-refractivity contribution in [2.45, 2.75) is 32.6 Å². The molecule has 0 spiro atoms. The van der Waals surface area contributed by atoms with Crippen molar-refractivity contribution < 1.29 is 0 Å². The number of hydrogen-bond acceptors (Lipinski definition) is 3. The van der Waals surface area contributed by atoms with E-state index in [4.69, 9.17) is 5.73 Å². The molecule has 3 nitrogen and oxygen atoms in total. The Balaban J connectivity index is 3.36. The van der Waals surface area contributed by atoms with Crippen molar-refractivity contribution in [2.24, 2.45) is 15.9 Å². The molecule has 12 heavy (non-hydrogen) atoms. The van der Waals surface area contributed by atoms with Crippen molar-refractivity contribution in [1.29, 1.82) is 0 Å². The molecular weight excluding hydrogens is 170 g/mol. The SMILES string of the molecule is CCCCC/C=N/N=C(\N)SC. The lowest BCUT2D eigenvalue weighted by Crippen LogP contribution is -2.03. The highest BCUT2D eigenvalue weighted by atomic mass is 32.2. The lowest BCUT2D eigenvalue weighted by molar-refractivity contribution is 0.745. The molecule has 0 aromatic carbocycles. The monoisotopic (exact) mass is 187 g/mol. The molecule has 0 rings (SSSR count). The first-order chi connectivity index (χ1) is 5.81. The molecule has 0 aliphatic carbocycles. The number of thioether (sulfide) groups is 1. The van der Waals surface area contributed by atoms with E-state index in [1.165, 1.54) is 31.0 Å². The summed E-state index contributed by atoms with van der Waals surface area (Å²) >= 11 is 1.41. The van der Waals surface area contributed by atoms with Gasteiger partial charge in [0.2, 0.25) is 0 Å². The van der Waals surface area contributed by atoms with Crippen LogP contribution in [0, 0.1) is 0 Å². The molecule has 0 aromatic heterocycles. The number of nitrogens with two attached hydrogens (primary N) is 1. The van der Waals surface area contributed by atoms with Gasteiger partial charge in [0, 0.05) is 6.21 Å². The molecule has 4 heteroatoms. The second-order valence-electron chi connectivity index (χ2n) is 2.44. The topological polar surface area (TPSA) is 50.7 Å². The van der Waals surface area contributed by atoms with Crippen LogP contribution >= 0.6 is 11.8 Å². The van der Waals surface area contributed by atoms with Gasteiger partial charge in [-0.3, -0.25) is 0 Å². The molecule has 0 atom stereocenters. The van der Waals surface area contributed by atoms with E-state index < -0.39 is 0 Å². The van der Waals surface area contributed by atoms with E-state index in [1.807, 2.05) is 12.5 Å². The standard InChI is InChI=1S/C8H17N3S/c1-3-4-5-6-7-10-11-8(9)12-2/h7H,3-6H2,1-2H3,(H2,9,11)/b10-7+. The lowest BCUT2D eigenvalue weighted by Gasteiger charge is -1.90. The Morgan fingerprint density at radius 3 is 2.83 bits per heavy atom. The van der Waals surface area contributed by atoms with Crippen molar-refractivity contribution >= 4 is 23.1 Å². The van der Waals surface area contributed by atoms with Gasteiger partial charge in [0.1, 0.15) is 0 Å². The van der Waals surface area contributed by atoms with Gasteiger partial charge in [0.25, 0.3) is 0 Å². The Hall–Kier alpha value is -0.510. The summed E-state index contributed by atoms with van der Waals surface area (Å²) in [5.74, 6) is 0. The van der Waals surface area contributed by atoms with E-state index in [9.17, 15) is 0 Å². The van der Waals surface area contributed by atoms with Gasteiger partial charge >= 0.3 is 0 Å². The number of rotatable bonds is 5. The van der Waals surface area contributed by atoms with E-state index in [2.05, 4.69) is 17.1 Å². The van der Waals surface area contributed by atoms with Crippen LogP contribution in [0.2, 0.25) is 0 Å². The lowest BCUT2D eigenvalue weighted by atomic mass is 10.2. The molecule has 0 fully saturated rings. The number of amidine groups is 1. The van der Waals surface area contributed by atoms with E-state index in [-0.39, 0.29) is 0 Å². The van der Waals surface area contributed by atoms with E-state index in [0.29, 0.717) is 5.17 Å². The molecule has 70 valence electrons. The van der Waals surface area contributed by atoms with Crippen LogP contribution in [0.15, 0.2) is 10.2 Å². The zero-order valence-electron chi connectivity index (χ0n) is 7.79. The summed E-state index contributed by atoms with van der Waals surface area (Å²) in [6.45, 7) is 2.18. The van der Waals surface area contributed by atoms with Crippen LogP contribution in [0.4, 0.5) is 0 Å². The summed E-state index contributed by atoms with van der Waals surface area (Å²) in [5.41, 5.74) is 5.41. The molecule has 0 aliphatic rings. The zero-order valence-corrected chi connectivity index (χ0v) is 8.60. The first-order valence-corrected chi connectivity index (χ1v) is 5.42. The minimum absolute atomic E-state index is 0.516. The van der Waals surface area contributed by atoms with E-state index in [0.717, 1.165) is 6.42 Å². The highest BCUT2D eigenvalue weighted by molar-refractivity contribution is 8.13. The molecule has 0 aliphatic heterocycles. The second kappa shape index (κ2) is 8.59. The van der Waals surface area contributed by atoms with Crippen LogP contribution in [0.25, 0.3) is 0 Å². The largest absolute Gasteiger partial charge is 0.377 e. The maximum atomic E-state index is 5.41. The highest BCUT2D eigenvalue weighted by Crippen LogP contribution is 1.96. The van der Waals surface area contributed by atoms with Crippen molar-refractivity contribution in [1.82, 2.24) is 0 Å². The summed E-state index contributed by atoms with van der Waals surface area (Å²) in [5, 5.41) is 8.11. The van der Waals surface area contributed by atoms with Crippen molar-refractivity contribution in [3.8, 4) is 0 Å². The molecule has 0 aromatic rings. The fraction of sp³-hybridized carbons (Fsp3) is 0.750. The molecule has 0 unspecified atom stereocenters. The van der Waals surface area contributed by atoms with Gasteiger partial charge in [-0.05, 0) is 19.1 Å². The molecule has 0 heterocycles. The van der Waals surface area contributed by atoms with Crippen LogP contribution in [0.3, 0.4) is 0 Å². The van der Waals surface area contributed by atoms with Gasteiger partial charge < -0.3 is 5.73 Å². The van der Waals surface area contributed by atoms with Crippen molar-refractivity contribution in [3.63, 3.8) is 0 Å². The quantitative estimate of drug-likeness (QED) is 0.310. The van der Waals surface area contributed by atoms with Crippen LogP contribution in [0.1, 0.15) is 32.6 Å². The van der Waals surface area contributed by atoms with Gasteiger partial charge in [-0.15, -0.1) is 5.10 Å².